The van der Waals surface area contributed by atoms with Gasteiger partial charge in [-0.1, -0.05) is 12.1 Å². The Labute approximate surface area is 244 Å². The zero-order chi connectivity index (χ0) is 30.8. The standard InChI is InChI=1S/C28H32O15/c29-14-4-1-12(7-16(14)31)2-6-21(34)43-25-20(11-39-27-23(36)22(35)18(33)9-38-27)42-28-26(24(25)37)41-19(10-40-28)13-3-5-15(30)17(32)8-13/h1-8,18-20,22-33,35-37H,9-11H2/b6-2+/t18-,19-,20-,22+,23-,24+,25-,26-,27+,28-/m1/s1. The Morgan fingerprint density at radius 2 is 1.56 bits per heavy atom. The monoisotopic (exact) mass is 608 g/mol. The van der Waals surface area contributed by atoms with Crippen molar-refractivity contribution < 1.29 is 74.1 Å². The van der Waals surface area contributed by atoms with Gasteiger partial charge >= 0.3 is 5.97 Å². The number of ether oxygens (including phenoxy) is 6. The fraction of sp³-hybridized carbons (Fsp3) is 0.464. The van der Waals surface area contributed by atoms with Crippen LogP contribution in [0.4, 0.5) is 0 Å². The number of aliphatic hydroxyl groups is 4. The van der Waals surface area contributed by atoms with Gasteiger partial charge in [0, 0.05) is 6.08 Å². The molecule has 2 aromatic carbocycles. The van der Waals surface area contributed by atoms with E-state index >= 15 is 0 Å². The van der Waals surface area contributed by atoms with Crippen LogP contribution >= 0.6 is 0 Å². The van der Waals surface area contributed by atoms with Crippen molar-refractivity contribution in [2.24, 2.45) is 0 Å². The smallest absolute Gasteiger partial charge is 0.331 e. The van der Waals surface area contributed by atoms with E-state index in [-0.39, 0.29) is 30.5 Å². The summed E-state index contributed by atoms with van der Waals surface area (Å²) in [7, 11) is 0. The van der Waals surface area contributed by atoms with E-state index in [1.165, 1.54) is 42.5 Å². The fourth-order valence-corrected chi connectivity index (χ4v) is 4.88. The lowest BCUT2D eigenvalue weighted by Crippen LogP contribution is -2.63. The van der Waals surface area contributed by atoms with Gasteiger partial charge in [0.15, 0.2) is 41.7 Å². The number of carbonyl (C=O) groups excluding carboxylic acids is 1. The predicted molar refractivity (Wildman–Crippen MR) is 140 cm³/mol. The zero-order valence-corrected chi connectivity index (χ0v) is 22.4. The molecule has 3 heterocycles. The normalized spacial score (nSPS) is 34.5. The number of hydrogen-bond donors (Lipinski definition) is 8. The summed E-state index contributed by atoms with van der Waals surface area (Å²) in [6.07, 6.45) is -10.8. The summed E-state index contributed by atoms with van der Waals surface area (Å²) < 4.78 is 34.1. The predicted octanol–water partition coefficient (Wildman–Crippen LogP) is -0.868. The largest absolute Gasteiger partial charge is 0.504 e. The zero-order valence-electron chi connectivity index (χ0n) is 22.4. The van der Waals surface area contributed by atoms with Crippen LogP contribution in [0.2, 0.25) is 0 Å². The van der Waals surface area contributed by atoms with Crippen molar-refractivity contribution in [3.63, 3.8) is 0 Å². The van der Waals surface area contributed by atoms with Gasteiger partial charge < -0.3 is 69.3 Å². The molecule has 15 heteroatoms. The lowest BCUT2D eigenvalue weighted by atomic mass is 9.97. The summed E-state index contributed by atoms with van der Waals surface area (Å²) in [5.41, 5.74) is 0.796. The summed E-state index contributed by atoms with van der Waals surface area (Å²) >= 11 is 0. The maximum absolute atomic E-state index is 12.8. The summed E-state index contributed by atoms with van der Waals surface area (Å²) in [5.74, 6) is -2.38. The molecular weight excluding hydrogens is 576 g/mol. The number of esters is 1. The Morgan fingerprint density at radius 3 is 2.28 bits per heavy atom. The third-order valence-electron chi connectivity index (χ3n) is 7.26. The van der Waals surface area contributed by atoms with E-state index < -0.39 is 79.7 Å². The molecule has 3 aliphatic heterocycles. The second-order valence-corrected chi connectivity index (χ2v) is 10.3. The Hall–Kier alpha value is -3.51. The minimum atomic E-state index is -1.60. The molecule has 0 saturated carbocycles. The van der Waals surface area contributed by atoms with Gasteiger partial charge in [-0.05, 0) is 41.5 Å². The first-order chi connectivity index (χ1) is 20.5. The molecule has 15 nitrogen and oxygen atoms in total. The van der Waals surface area contributed by atoms with Crippen LogP contribution in [0.15, 0.2) is 42.5 Å². The highest BCUT2D eigenvalue weighted by Gasteiger charge is 2.52. The molecule has 0 unspecified atom stereocenters. The lowest BCUT2D eigenvalue weighted by Gasteiger charge is -2.47. The molecule has 10 atom stereocenters. The molecular formula is C28H32O15. The SMILES string of the molecule is O=C(/C=C/c1ccc(O)c(O)c1)O[C@H]1[C@H](O)[C@H]2O[C@@H](c3ccc(O)c(O)c3)CO[C@@H]2O[C@@H]1CO[C@@H]1OC[C@@H](O)[C@H](O)[C@H]1O. The number of rotatable bonds is 7. The van der Waals surface area contributed by atoms with Crippen LogP contribution in [0.5, 0.6) is 23.0 Å². The van der Waals surface area contributed by atoms with Gasteiger partial charge in [-0.2, -0.15) is 0 Å². The topological polar surface area (TPSA) is 234 Å². The molecule has 0 aromatic heterocycles. The Bertz CT molecular complexity index is 1320. The molecule has 234 valence electrons. The number of aromatic hydroxyl groups is 4. The number of phenols is 4. The molecule has 0 spiro atoms. The van der Waals surface area contributed by atoms with Crippen molar-refractivity contribution in [1.82, 2.24) is 0 Å². The van der Waals surface area contributed by atoms with Crippen LogP contribution in [0, 0.1) is 0 Å². The van der Waals surface area contributed by atoms with Crippen LogP contribution in [-0.4, -0.2) is 122 Å². The maximum atomic E-state index is 12.8. The van der Waals surface area contributed by atoms with Gasteiger partial charge in [0.1, 0.15) is 42.7 Å². The molecule has 8 N–H and O–H groups in total. The Kier molecular flexibility index (Phi) is 9.36. The number of hydrogen-bond acceptors (Lipinski definition) is 15. The molecule has 0 aliphatic carbocycles. The van der Waals surface area contributed by atoms with E-state index in [2.05, 4.69) is 0 Å². The van der Waals surface area contributed by atoms with E-state index in [0.717, 1.165) is 6.08 Å². The van der Waals surface area contributed by atoms with Crippen molar-refractivity contribution in [2.75, 3.05) is 19.8 Å². The minimum Gasteiger partial charge on any atom is -0.504 e. The molecule has 0 amide bonds. The minimum absolute atomic E-state index is 0.0626. The summed E-state index contributed by atoms with van der Waals surface area (Å²) in [5, 5.41) is 79.9. The quantitative estimate of drug-likeness (QED) is 0.108. The number of benzene rings is 2. The van der Waals surface area contributed by atoms with Crippen LogP contribution in [0.1, 0.15) is 17.2 Å². The van der Waals surface area contributed by atoms with E-state index in [4.69, 9.17) is 28.4 Å². The second kappa shape index (κ2) is 13.0. The number of fused-ring (bicyclic) bond motifs is 1. The fourth-order valence-electron chi connectivity index (χ4n) is 4.88. The third-order valence-corrected chi connectivity index (χ3v) is 7.26. The molecule has 0 radical (unpaired) electrons. The molecule has 3 fully saturated rings. The van der Waals surface area contributed by atoms with Crippen molar-refractivity contribution in [3.8, 4) is 23.0 Å². The van der Waals surface area contributed by atoms with Gasteiger partial charge in [-0.3, -0.25) is 0 Å². The second-order valence-electron chi connectivity index (χ2n) is 10.3. The van der Waals surface area contributed by atoms with Crippen molar-refractivity contribution in [3.05, 3.63) is 53.6 Å². The highest BCUT2D eigenvalue weighted by atomic mass is 16.8. The number of phenolic OH excluding ortho intramolecular Hbond substituents is 4. The highest BCUT2D eigenvalue weighted by Crippen LogP contribution is 2.37. The first kappa shape index (κ1) is 30.9. The van der Waals surface area contributed by atoms with Crippen LogP contribution < -0.4 is 0 Å². The summed E-state index contributed by atoms with van der Waals surface area (Å²) in [6.45, 7) is -0.799. The average Bonchev–Trinajstić information content (AvgIpc) is 2.99. The average molecular weight is 609 g/mol. The summed E-state index contributed by atoms with van der Waals surface area (Å²) in [4.78, 5) is 12.8. The third kappa shape index (κ3) is 6.85. The van der Waals surface area contributed by atoms with Crippen LogP contribution in [0.3, 0.4) is 0 Å². The lowest BCUT2D eigenvalue weighted by molar-refractivity contribution is -0.358. The van der Waals surface area contributed by atoms with E-state index in [0.29, 0.717) is 11.1 Å². The highest BCUT2D eigenvalue weighted by molar-refractivity contribution is 5.87. The molecule has 3 aliphatic rings. The van der Waals surface area contributed by atoms with Crippen molar-refractivity contribution in [1.29, 1.82) is 0 Å². The van der Waals surface area contributed by atoms with Gasteiger partial charge in [-0.25, -0.2) is 4.79 Å². The first-order valence-electron chi connectivity index (χ1n) is 13.3. The molecule has 0 bridgehead atoms. The van der Waals surface area contributed by atoms with Crippen LogP contribution in [-0.2, 0) is 33.2 Å². The van der Waals surface area contributed by atoms with Crippen LogP contribution in [0.25, 0.3) is 6.08 Å². The number of carbonyl (C=O) groups is 1. The van der Waals surface area contributed by atoms with Gasteiger partial charge in [-0.15, -0.1) is 0 Å². The number of aliphatic hydroxyl groups excluding tert-OH is 4. The van der Waals surface area contributed by atoms with Gasteiger partial charge in [0.05, 0.1) is 19.8 Å². The Balaban J connectivity index is 1.32. The van der Waals surface area contributed by atoms with Crippen molar-refractivity contribution in [2.45, 2.75) is 61.4 Å². The first-order valence-corrected chi connectivity index (χ1v) is 13.3. The van der Waals surface area contributed by atoms with E-state index in [1.807, 2.05) is 0 Å². The molecule has 2 aromatic rings. The van der Waals surface area contributed by atoms with E-state index in [1.54, 1.807) is 0 Å². The van der Waals surface area contributed by atoms with E-state index in [9.17, 15) is 45.6 Å². The maximum Gasteiger partial charge on any atom is 0.331 e. The summed E-state index contributed by atoms with van der Waals surface area (Å²) in [6, 6.07) is 7.93. The molecule has 3 saturated heterocycles. The Morgan fingerprint density at radius 1 is 0.837 bits per heavy atom. The van der Waals surface area contributed by atoms with Gasteiger partial charge in [0.2, 0.25) is 0 Å². The van der Waals surface area contributed by atoms with Crippen molar-refractivity contribution >= 4 is 12.0 Å². The molecule has 5 rings (SSSR count). The molecule has 43 heavy (non-hydrogen) atoms. The van der Waals surface area contributed by atoms with Gasteiger partial charge in [0.25, 0.3) is 0 Å².